The molecule has 0 aliphatic rings. The Bertz CT molecular complexity index is 697. The first kappa shape index (κ1) is 15.2. The molecule has 0 fully saturated rings. The van der Waals surface area contributed by atoms with Crippen LogP contribution < -0.4 is 10.2 Å². The van der Waals surface area contributed by atoms with Crippen molar-refractivity contribution in [3.63, 3.8) is 0 Å². The Balaban J connectivity index is 2.04. The molecule has 0 saturated heterocycles. The second-order valence-electron chi connectivity index (χ2n) is 4.54. The zero-order valence-corrected chi connectivity index (χ0v) is 12.0. The van der Waals surface area contributed by atoms with Crippen molar-refractivity contribution < 1.29 is 14.3 Å². The van der Waals surface area contributed by atoms with Gasteiger partial charge in [-0.15, -0.1) is 0 Å². The number of nitrogens with one attached hydrogen (secondary N) is 1. The van der Waals surface area contributed by atoms with Crippen molar-refractivity contribution in [2.24, 2.45) is 0 Å². The van der Waals surface area contributed by atoms with Gasteiger partial charge in [-0.25, -0.2) is 0 Å². The van der Waals surface area contributed by atoms with Crippen LogP contribution in [0.15, 0.2) is 58.9 Å². The molecular weight excluding hydrogens is 282 g/mol. The van der Waals surface area contributed by atoms with E-state index in [2.05, 4.69) is 5.32 Å². The number of aromatic hydroxyl groups is 1. The standard InChI is InChI=1S/C16H15N3O3/c1-19(13-4-6-14(20)7-5-13)11-12(9-17)16(21)18-10-15-3-2-8-22-15/h2-8,11,20H,10H2,1H3,(H,18,21)/b12-11-. The van der Waals surface area contributed by atoms with Crippen molar-refractivity contribution in [1.29, 1.82) is 5.26 Å². The fourth-order valence-corrected chi connectivity index (χ4v) is 1.77. The van der Waals surface area contributed by atoms with Gasteiger partial charge in [0.15, 0.2) is 0 Å². The Morgan fingerprint density at radius 3 is 2.73 bits per heavy atom. The van der Waals surface area contributed by atoms with Crippen molar-refractivity contribution in [3.8, 4) is 11.8 Å². The summed E-state index contributed by atoms with van der Waals surface area (Å²) in [4.78, 5) is 13.6. The number of phenols is 1. The number of nitriles is 1. The summed E-state index contributed by atoms with van der Waals surface area (Å²) in [7, 11) is 1.71. The molecule has 6 nitrogen and oxygen atoms in total. The van der Waals surface area contributed by atoms with E-state index in [0.717, 1.165) is 5.69 Å². The summed E-state index contributed by atoms with van der Waals surface area (Å²) in [6.45, 7) is 0.216. The van der Waals surface area contributed by atoms with Crippen LogP contribution in [-0.2, 0) is 11.3 Å². The van der Waals surface area contributed by atoms with Gasteiger partial charge in [0.05, 0.1) is 12.8 Å². The fourth-order valence-electron chi connectivity index (χ4n) is 1.77. The molecule has 1 amide bonds. The van der Waals surface area contributed by atoms with Gasteiger partial charge >= 0.3 is 0 Å². The average molecular weight is 297 g/mol. The highest BCUT2D eigenvalue weighted by molar-refractivity contribution is 5.97. The summed E-state index contributed by atoms with van der Waals surface area (Å²) < 4.78 is 5.11. The van der Waals surface area contributed by atoms with Gasteiger partial charge in [0.25, 0.3) is 5.91 Å². The van der Waals surface area contributed by atoms with Crippen LogP contribution >= 0.6 is 0 Å². The third kappa shape index (κ3) is 3.90. The van der Waals surface area contributed by atoms with E-state index in [4.69, 9.17) is 9.68 Å². The van der Waals surface area contributed by atoms with Crippen LogP contribution in [0.2, 0.25) is 0 Å². The van der Waals surface area contributed by atoms with Crippen LogP contribution in [0.3, 0.4) is 0 Å². The van der Waals surface area contributed by atoms with Gasteiger partial charge in [-0.1, -0.05) is 0 Å². The van der Waals surface area contributed by atoms with Crippen LogP contribution in [-0.4, -0.2) is 18.1 Å². The van der Waals surface area contributed by atoms with Crippen molar-refractivity contribution in [3.05, 3.63) is 60.2 Å². The minimum absolute atomic E-state index is 0.0258. The number of rotatable bonds is 5. The number of hydrogen-bond acceptors (Lipinski definition) is 5. The Hall–Kier alpha value is -3.20. The zero-order chi connectivity index (χ0) is 15.9. The first-order valence-corrected chi connectivity index (χ1v) is 6.54. The highest BCUT2D eigenvalue weighted by Gasteiger charge is 2.11. The van der Waals surface area contributed by atoms with E-state index in [-0.39, 0.29) is 17.9 Å². The van der Waals surface area contributed by atoms with Gasteiger partial charge in [0, 0.05) is 18.9 Å². The monoisotopic (exact) mass is 297 g/mol. The Labute approximate surface area is 127 Å². The molecule has 0 aliphatic carbocycles. The highest BCUT2D eigenvalue weighted by Crippen LogP contribution is 2.18. The molecule has 0 saturated carbocycles. The second-order valence-corrected chi connectivity index (χ2v) is 4.54. The molecule has 2 rings (SSSR count). The number of anilines is 1. The fraction of sp³-hybridized carbons (Fsp3) is 0.125. The molecule has 6 heteroatoms. The van der Waals surface area contributed by atoms with E-state index in [1.807, 2.05) is 6.07 Å². The molecule has 0 atom stereocenters. The molecular formula is C16H15N3O3. The minimum Gasteiger partial charge on any atom is -0.508 e. The number of carbonyl (C=O) groups excluding carboxylic acids is 1. The van der Waals surface area contributed by atoms with Crippen LogP contribution in [0.5, 0.6) is 5.75 Å². The largest absolute Gasteiger partial charge is 0.508 e. The molecule has 0 radical (unpaired) electrons. The lowest BCUT2D eigenvalue weighted by Crippen LogP contribution is -2.25. The molecule has 2 aromatic rings. The number of amides is 1. The molecule has 0 unspecified atom stereocenters. The molecule has 0 bridgehead atoms. The van der Waals surface area contributed by atoms with E-state index >= 15 is 0 Å². The summed E-state index contributed by atoms with van der Waals surface area (Å²) in [5.74, 6) is 0.278. The quantitative estimate of drug-likeness (QED) is 0.652. The van der Waals surface area contributed by atoms with E-state index in [9.17, 15) is 9.90 Å². The number of phenolic OH excluding ortho intramolecular Hbond substituents is 1. The normalized spacial score (nSPS) is 10.8. The minimum atomic E-state index is -0.482. The summed E-state index contributed by atoms with van der Waals surface area (Å²) in [5, 5.41) is 21.0. The van der Waals surface area contributed by atoms with Gasteiger partial charge in [0.2, 0.25) is 0 Å². The SMILES string of the molecule is CN(/C=C(/C#N)C(=O)NCc1ccco1)c1ccc(O)cc1. The molecule has 1 heterocycles. The summed E-state index contributed by atoms with van der Waals surface area (Å²) in [6.07, 6.45) is 2.95. The maximum atomic E-state index is 12.0. The average Bonchev–Trinajstić information content (AvgIpc) is 3.04. The lowest BCUT2D eigenvalue weighted by molar-refractivity contribution is -0.117. The number of furan rings is 1. The predicted octanol–water partition coefficient (Wildman–Crippen LogP) is 2.15. The third-order valence-corrected chi connectivity index (χ3v) is 2.95. The van der Waals surface area contributed by atoms with Gasteiger partial charge in [0.1, 0.15) is 23.2 Å². The number of carbonyl (C=O) groups is 1. The lowest BCUT2D eigenvalue weighted by atomic mass is 10.2. The third-order valence-electron chi connectivity index (χ3n) is 2.95. The topological polar surface area (TPSA) is 89.5 Å². The van der Waals surface area contributed by atoms with Gasteiger partial charge < -0.3 is 19.7 Å². The molecule has 2 N–H and O–H groups in total. The highest BCUT2D eigenvalue weighted by atomic mass is 16.3. The molecule has 0 spiro atoms. The zero-order valence-electron chi connectivity index (χ0n) is 12.0. The van der Waals surface area contributed by atoms with Crippen LogP contribution in [0.4, 0.5) is 5.69 Å². The van der Waals surface area contributed by atoms with Crippen molar-refractivity contribution in [2.75, 3.05) is 11.9 Å². The number of hydrogen-bond donors (Lipinski definition) is 2. The maximum absolute atomic E-state index is 12.0. The van der Waals surface area contributed by atoms with E-state index in [1.54, 1.807) is 36.2 Å². The van der Waals surface area contributed by atoms with E-state index < -0.39 is 5.91 Å². The predicted molar refractivity (Wildman–Crippen MR) is 80.8 cm³/mol. The smallest absolute Gasteiger partial charge is 0.263 e. The Morgan fingerprint density at radius 1 is 1.41 bits per heavy atom. The van der Waals surface area contributed by atoms with Crippen molar-refractivity contribution in [2.45, 2.75) is 6.54 Å². The Morgan fingerprint density at radius 2 is 2.14 bits per heavy atom. The van der Waals surface area contributed by atoms with E-state index in [1.165, 1.54) is 24.6 Å². The molecule has 1 aromatic heterocycles. The first-order chi connectivity index (χ1) is 10.6. The number of nitrogens with zero attached hydrogens (tertiary/aromatic N) is 2. The number of benzene rings is 1. The molecule has 112 valence electrons. The van der Waals surface area contributed by atoms with Crippen molar-refractivity contribution in [1.82, 2.24) is 5.32 Å². The summed E-state index contributed by atoms with van der Waals surface area (Å²) >= 11 is 0. The van der Waals surface area contributed by atoms with Crippen LogP contribution in [0, 0.1) is 11.3 Å². The summed E-state index contributed by atoms with van der Waals surface area (Å²) in [5.41, 5.74) is 0.714. The van der Waals surface area contributed by atoms with Crippen molar-refractivity contribution >= 4 is 11.6 Å². The van der Waals surface area contributed by atoms with Gasteiger partial charge in [-0.3, -0.25) is 4.79 Å². The second kappa shape index (κ2) is 6.99. The lowest BCUT2D eigenvalue weighted by Gasteiger charge is -2.14. The van der Waals surface area contributed by atoms with Crippen LogP contribution in [0.25, 0.3) is 0 Å². The molecule has 0 aliphatic heterocycles. The molecule has 1 aromatic carbocycles. The van der Waals surface area contributed by atoms with Crippen LogP contribution in [0.1, 0.15) is 5.76 Å². The van der Waals surface area contributed by atoms with Gasteiger partial charge in [-0.05, 0) is 36.4 Å². The maximum Gasteiger partial charge on any atom is 0.263 e. The van der Waals surface area contributed by atoms with Gasteiger partial charge in [-0.2, -0.15) is 5.26 Å². The first-order valence-electron chi connectivity index (χ1n) is 6.54. The Kier molecular flexibility index (Phi) is 4.83. The van der Waals surface area contributed by atoms with E-state index in [0.29, 0.717) is 5.76 Å². The summed E-state index contributed by atoms with van der Waals surface area (Å²) in [6, 6.07) is 11.8. The molecule has 22 heavy (non-hydrogen) atoms.